The highest BCUT2D eigenvalue weighted by Gasteiger charge is 2.63. The number of Topliss-reactive ketones (excluding diaryl/α,β-unsaturated/α-hetero) is 1. The molecule has 50 heavy (non-hydrogen) atoms. The molecule has 1 aromatic rings. The van der Waals surface area contributed by atoms with Crippen molar-refractivity contribution in [2.75, 3.05) is 46.9 Å². The van der Waals surface area contributed by atoms with E-state index < -0.39 is 23.7 Å². The van der Waals surface area contributed by atoms with Crippen molar-refractivity contribution in [3.05, 3.63) is 42.0 Å². The number of hydrogen-bond acceptors (Lipinski definition) is 10. The first-order chi connectivity index (χ1) is 24.3. The number of carbonyl (C=O) groups is 2. The lowest BCUT2D eigenvalue weighted by molar-refractivity contribution is -0.200. The summed E-state index contributed by atoms with van der Waals surface area (Å²) in [7, 11) is 3.84. The maximum atomic E-state index is 15.2. The van der Waals surface area contributed by atoms with E-state index in [1.165, 1.54) is 18.9 Å². The first-order valence-electron chi connectivity index (χ1n) is 19.1. The monoisotopic (exact) mass is 688 g/mol. The smallest absolute Gasteiger partial charge is 0.246 e. The molecular formula is C39H56N6O5. The standard InChI is InChI=1S/C39H56N6O5/c1-4-34(46)45-22-21-44(24-29(45)17-19-40)39(28-12-7-5-6-8-13-28)32-16-18-38(23-27-11-9-15-33(48-3)31(27)26-50-38)36(47)35(32)41-37(42-39)49-25-30-14-10-20-43(30)2/h4,9,11,15,28-30,32,35,37,41-42H,1,5-8,10,12-14,16-18,20-26H2,2-3H3/t29?,30?,32?,35?,37?,38-,39?/m0/s1. The summed E-state index contributed by atoms with van der Waals surface area (Å²) in [5, 5.41) is 17.7. The summed E-state index contributed by atoms with van der Waals surface area (Å²) in [6.07, 6.45) is 12.1. The van der Waals surface area contributed by atoms with E-state index in [-0.39, 0.29) is 36.0 Å². The number of nitrogens with one attached hydrogen (secondary N) is 2. The van der Waals surface area contributed by atoms with Gasteiger partial charge in [0.1, 0.15) is 11.4 Å². The molecule has 0 bridgehead atoms. The minimum absolute atomic E-state index is 0.0440. The number of methoxy groups -OCH3 is 1. The number of nitriles is 1. The maximum Gasteiger partial charge on any atom is 0.246 e. The van der Waals surface area contributed by atoms with Gasteiger partial charge in [-0.15, -0.1) is 0 Å². The van der Waals surface area contributed by atoms with Crippen molar-refractivity contribution in [3.8, 4) is 11.8 Å². The Balaban J connectivity index is 1.27. The Labute approximate surface area is 297 Å². The van der Waals surface area contributed by atoms with Crippen LogP contribution in [-0.4, -0.2) is 109 Å². The average molecular weight is 689 g/mol. The van der Waals surface area contributed by atoms with Crippen LogP contribution in [0.15, 0.2) is 30.9 Å². The first-order valence-corrected chi connectivity index (χ1v) is 19.1. The van der Waals surface area contributed by atoms with Crippen LogP contribution in [0.4, 0.5) is 0 Å². The second-order valence-corrected chi connectivity index (χ2v) is 15.6. The molecule has 2 saturated carbocycles. The largest absolute Gasteiger partial charge is 0.496 e. The van der Waals surface area contributed by atoms with Crippen molar-refractivity contribution >= 4 is 11.7 Å². The molecule has 2 aliphatic carbocycles. The van der Waals surface area contributed by atoms with E-state index >= 15 is 4.79 Å². The van der Waals surface area contributed by atoms with E-state index in [2.05, 4.69) is 46.2 Å². The molecule has 0 radical (unpaired) electrons. The Hall–Kier alpha value is -2.85. The fraction of sp³-hybridized carbons (Fsp3) is 0.718. The molecular weight excluding hydrogens is 632 g/mol. The van der Waals surface area contributed by atoms with Crippen LogP contribution < -0.4 is 15.4 Å². The van der Waals surface area contributed by atoms with Gasteiger partial charge in [-0.1, -0.05) is 44.4 Å². The number of fused-ring (bicyclic) bond motifs is 2. The number of ether oxygens (including phenoxy) is 3. The molecule has 5 fully saturated rings. The molecule has 1 amide bonds. The van der Waals surface area contributed by atoms with Gasteiger partial charge in [0.2, 0.25) is 5.91 Å². The van der Waals surface area contributed by atoms with Crippen LogP contribution in [0.5, 0.6) is 5.75 Å². The molecule has 272 valence electrons. The molecule has 11 heteroatoms. The predicted octanol–water partition coefficient (Wildman–Crippen LogP) is 3.72. The van der Waals surface area contributed by atoms with Crippen LogP contribution in [0.3, 0.4) is 0 Å². The van der Waals surface area contributed by atoms with E-state index in [1.54, 1.807) is 7.11 Å². The van der Waals surface area contributed by atoms with E-state index in [9.17, 15) is 10.1 Å². The van der Waals surface area contributed by atoms with Crippen molar-refractivity contribution in [2.45, 2.75) is 119 Å². The zero-order valence-electron chi connectivity index (χ0n) is 30.0. The van der Waals surface area contributed by atoms with Gasteiger partial charge in [-0.3, -0.25) is 25.1 Å². The number of ketones is 1. The lowest BCUT2D eigenvalue weighted by Crippen LogP contribution is -2.83. The molecule has 6 unspecified atom stereocenters. The minimum atomic E-state index is -0.922. The molecule has 7 rings (SSSR count). The maximum absolute atomic E-state index is 15.2. The molecule has 6 aliphatic rings. The van der Waals surface area contributed by atoms with Crippen LogP contribution in [0.2, 0.25) is 0 Å². The number of hydrogen-bond donors (Lipinski definition) is 2. The fourth-order valence-electron chi connectivity index (χ4n) is 10.4. The van der Waals surface area contributed by atoms with Gasteiger partial charge >= 0.3 is 0 Å². The van der Waals surface area contributed by atoms with Crippen LogP contribution in [0.1, 0.15) is 81.8 Å². The van der Waals surface area contributed by atoms with Gasteiger partial charge in [0.15, 0.2) is 12.1 Å². The van der Waals surface area contributed by atoms with Gasteiger partial charge in [-0.25, -0.2) is 0 Å². The van der Waals surface area contributed by atoms with Gasteiger partial charge in [-0.2, -0.15) is 5.26 Å². The molecule has 3 saturated heterocycles. The van der Waals surface area contributed by atoms with Crippen LogP contribution in [0, 0.1) is 23.2 Å². The van der Waals surface area contributed by atoms with Gasteiger partial charge in [0.05, 0.1) is 50.6 Å². The van der Waals surface area contributed by atoms with Gasteiger partial charge < -0.3 is 24.0 Å². The SMILES string of the molecule is C=CC(=O)N1CCN(C2(C3CCCCCC3)NC(OCC3CCCN3C)NC3C(=O)[C@]4(CCC32)Cc2cccc(OC)c2CO4)CC1CC#N. The quantitative estimate of drug-likeness (QED) is 0.309. The molecule has 7 atom stereocenters. The number of carbonyl (C=O) groups excluding carboxylic acids is 2. The predicted molar refractivity (Wildman–Crippen MR) is 189 cm³/mol. The van der Waals surface area contributed by atoms with Gasteiger partial charge in [0.25, 0.3) is 0 Å². The summed E-state index contributed by atoms with van der Waals surface area (Å²) in [5.41, 5.74) is 0.662. The number of piperazine rings is 1. The Morgan fingerprint density at radius 3 is 2.66 bits per heavy atom. The highest BCUT2D eigenvalue weighted by Crippen LogP contribution is 2.50. The van der Waals surface area contributed by atoms with E-state index in [4.69, 9.17) is 14.2 Å². The summed E-state index contributed by atoms with van der Waals surface area (Å²) in [5.74, 6) is 1.02. The number of amides is 1. The summed E-state index contributed by atoms with van der Waals surface area (Å²) in [6, 6.07) is 8.02. The Kier molecular flexibility index (Phi) is 10.7. The Morgan fingerprint density at radius 2 is 1.94 bits per heavy atom. The molecule has 1 spiro atoms. The fourth-order valence-corrected chi connectivity index (χ4v) is 10.4. The third-order valence-corrected chi connectivity index (χ3v) is 13.1. The number of likely N-dealkylation sites (tertiary alicyclic amines) is 1. The number of benzene rings is 1. The third-order valence-electron chi connectivity index (χ3n) is 13.1. The van der Waals surface area contributed by atoms with E-state index in [0.717, 1.165) is 68.4 Å². The second kappa shape index (κ2) is 15.0. The molecule has 0 aromatic heterocycles. The number of nitrogens with zero attached hydrogens (tertiary/aromatic N) is 4. The number of rotatable bonds is 8. The highest BCUT2D eigenvalue weighted by molar-refractivity contribution is 5.94. The Morgan fingerprint density at radius 1 is 1.12 bits per heavy atom. The normalized spacial score (nSPS) is 35.6. The van der Waals surface area contributed by atoms with Gasteiger partial charge in [0, 0.05) is 43.6 Å². The van der Waals surface area contributed by atoms with Crippen molar-refractivity contribution in [1.29, 1.82) is 5.26 Å². The van der Waals surface area contributed by atoms with Gasteiger partial charge in [-0.05, 0) is 75.7 Å². The van der Waals surface area contributed by atoms with E-state index in [0.29, 0.717) is 51.7 Å². The topological polar surface area (TPSA) is 119 Å². The summed E-state index contributed by atoms with van der Waals surface area (Å²) in [6.45, 7) is 7.44. The third kappa shape index (κ3) is 6.41. The number of likely N-dealkylation sites (N-methyl/N-ethyl adjacent to an activating group) is 1. The summed E-state index contributed by atoms with van der Waals surface area (Å²) < 4.78 is 19.1. The molecule has 2 N–H and O–H groups in total. The van der Waals surface area contributed by atoms with E-state index in [1.807, 2.05) is 17.0 Å². The van der Waals surface area contributed by atoms with Crippen molar-refractivity contribution in [1.82, 2.24) is 25.3 Å². The highest BCUT2D eigenvalue weighted by atomic mass is 16.5. The van der Waals surface area contributed by atoms with Crippen molar-refractivity contribution < 1.29 is 23.8 Å². The molecule has 11 nitrogen and oxygen atoms in total. The Bertz CT molecular complexity index is 1460. The molecule has 4 heterocycles. The minimum Gasteiger partial charge on any atom is -0.496 e. The second-order valence-electron chi connectivity index (χ2n) is 15.6. The zero-order valence-corrected chi connectivity index (χ0v) is 30.0. The van der Waals surface area contributed by atoms with Crippen molar-refractivity contribution in [3.63, 3.8) is 0 Å². The molecule has 1 aromatic carbocycles. The lowest BCUT2D eigenvalue weighted by atomic mass is 9.61. The lowest BCUT2D eigenvalue weighted by Gasteiger charge is -2.63. The summed E-state index contributed by atoms with van der Waals surface area (Å²) in [4.78, 5) is 34.9. The van der Waals surface area contributed by atoms with Crippen LogP contribution in [-0.2, 0) is 32.1 Å². The first kappa shape index (κ1) is 35.5. The molecule has 4 aliphatic heterocycles. The van der Waals surface area contributed by atoms with Crippen molar-refractivity contribution in [2.24, 2.45) is 11.8 Å². The summed E-state index contributed by atoms with van der Waals surface area (Å²) >= 11 is 0. The van der Waals surface area contributed by atoms with Crippen LogP contribution >= 0.6 is 0 Å². The average Bonchev–Trinajstić information content (AvgIpc) is 3.36. The van der Waals surface area contributed by atoms with Crippen LogP contribution in [0.25, 0.3) is 0 Å². The zero-order chi connectivity index (χ0) is 34.9.